The van der Waals surface area contributed by atoms with Gasteiger partial charge in [0.25, 0.3) is 0 Å². The fourth-order valence-electron chi connectivity index (χ4n) is 1.43. The smallest absolute Gasteiger partial charge is 0.320 e. The third-order valence-electron chi connectivity index (χ3n) is 2.45. The van der Waals surface area contributed by atoms with E-state index in [0.717, 1.165) is 6.54 Å². The second-order valence-corrected chi connectivity index (χ2v) is 4.31. The maximum absolute atomic E-state index is 11.4. The minimum atomic E-state index is -0.230. The molecule has 6 nitrogen and oxygen atoms in total. The lowest BCUT2D eigenvalue weighted by atomic mass is 10.2. The average Bonchev–Trinajstić information content (AvgIpc) is 2.77. The summed E-state index contributed by atoms with van der Waals surface area (Å²) in [5.74, 6) is 1.21. The first-order valence-electron chi connectivity index (χ1n) is 6.27. The van der Waals surface area contributed by atoms with Crippen LogP contribution in [-0.2, 0) is 16.1 Å². The highest BCUT2D eigenvalue weighted by Crippen LogP contribution is 2.11. The Morgan fingerprint density at radius 3 is 2.67 bits per heavy atom. The van der Waals surface area contributed by atoms with Gasteiger partial charge in [0.05, 0.1) is 19.7 Å². The Labute approximate surface area is 107 Å². The Hall–Kier alpha value is -1.43. The lowest BCUT2D eigenvalue weighted by Gasteiger charge is -2.16. The number of nitrogens with zero attached hydrogens (tertiary/aromatic N) is 3. The number of carbonyl (C=O) groups excluding carboxylic acids is 1. The molecule has 0 radical (unpaired) electrons. The van der Waals surface area contributed by atoms with Crippen molar-refractivity contribution in [3.8, 4) is 0 Å². The molecule has 18 heavy (non-hydrogen) atoms. The molecule has 6 heteroatoms. The van der Waals surface area contributed by atoms with Gasteiger partial charge in [0.2, 0.25) is 5.89 Å². The van der Waals surface area contributed by atoms with Gasteiger partial charge in [0, 0.05) is 5.92 Å². The second-order valence-electron chi connectivity index (χ2n) is 4.31. The molecule has 0 unspecified atom stereocenters. The predicted molar refractivity (Wildman–Crippen MR) is 66.0 cm³/mol. The zero-order valence-electron chi connectivity index (χ0n) is 11.5. The summed E-state index contributed by atoms with van der Waals surface area (Å²) < 4.78 is 10.0. The number of likely N-dealkylation sites (N-methyl/N-ethyl adjacent to an activating group) is 1. The molecule has 0 saturated carbocycles. The highest BCUT2D eigenvalue weighted by atomic mass is 16.5. The van der Waals surface area contributed by atoms with E-state index in [4.69, 9.17) is 9.26 Å². The van der Waals surface area contributed by atoms with Crippen LogP contribution in [0.25, 0.3) is 0 Å². The van der Waals surface area contributed by atoms with Crippen molar-refractivity contribution >= 4 is 5.97 Å². The Kier molecular flexibility index (Phi) is 5.77. The maximum atomic E-state index is 11.4. The first-order valence-corrected chi connectivity index (χ1v) is 6.27. The maximum Gasteiger partial charge on any atom is 0.320 e. The van der Waals surface area contributed by atoms with E-state index in [0.29, 0.717) is 24.9 Å². The van der Waals surface area contributed by atoms with Gasteiger partial charge < -0.3 is 9.26 Å². The van der Waals surface area contributed by atoms with Crippen molar-refractivity contribution in [3.63, 3.8) is 0 Å². The van der Waals surface area contributed by atoms with Crippen LogP contribution < -0.4 is 0 Å². The molecule has 0 aromatic carbocycles. The van der Waals surface area contributed by atoms with E-state index in [1.807, 2.05) is 25.7 Å². The topological polar surface area (TPSA) is 68.5 Å². The van der Waals surface area contributed by atoms with E-state index in [9.17, 15) is 4.79 Å². The lowest BCUT2D eigenvalue weighted by molar-refractivity contribution is -0.144. The van der Waals surface area contributed by atoms with E-state index < -0.39 is 0 Å². The zero-order valence-corrected chi connectivity index (χ0v) is 11.5. The molecular formula is C12H21N3O3. The van der Waals surface area contributed by atoms with Crippen LogP contribution in [0.2, 0.25) is 0 Å². The first-order chi connectivity index (χ1) is 8.56. The van der Waals surface area contributed by atoms with Crippen LogP contribution in [0.3, 0.4) is 0 Å². The largest absolute Gasteiger partial charge is 0.465 e. The van der Waals surface area contributed by atoms with Crippen LogP contribution in [0.4, 0.5) is 0 Å². The minimum absolute atomic E-state index is 0.214. The molecule has 0 bridgehead atoms. The summed E-state index contributed by atoms with van der Waals surface area (Å²) in [6.45, 7) is 9.62. The van der Waals surface area contributed by atoms with Crippen molar-refractivity contribution in [2.45, 2.75) is 40.2 Å². The normalized spacial score (nSPS) is 11.2. The van der Waals surface area contributed by atoms with E-state index in [-0.39, 0.29) is 18.4 Å². The number of aromatic nitrogens is 2. The number of ether oxygens (including phenoxy) is 1. The number of hydrogen-bond donors (Lipinski definition) is 0. The van der Waals surface area contributed by atoms with Crippen molar-refractivity contribution < 1.29 is 14.1 Å². The van der Waals surface area contributed by atoms with Gasteiger partial charge in [0.1, 0.15) is 0 Å². The summed E-state index contributed by atoms with van der Waals surface area (Å²) in [4.78, 5) is 17.6. The van der Waals surface area contributed by atoms with E-state index in [1.165, 1.54) is 0 Å². The molecule has 0 aliphatic carbocycles. The number of esters is 1. The third kappa shape index (κ3) is 4.44. The van der Waals surface area contributed by atoms with Crippen LogP contribution in [0.15, 0.2) is 4.52 Å². The molecule has 0 amide bonds. The fraction of sp³-hybridized carbons (Fsp3) is 0.750. The number of hydrogen-bond acceptors (Lipinski definition) is 6. The standard InChI is InChI=1S/C12H21N3O3/c1-5-15(8-11(16)17-6-2)7-10-13-12(9(3)4)18-14-10/h9H,5-8H2,1-4H3. The van der Waals surface area contributed by atoms with Crippen molar-refractivity contribution in [3.05, 3.63) is 11.7 Å². The van der Waals surface area contributed by atoms with Crippen molar-refractivity contribution in [2.75, 3.05) is 19.7 Å². The Morgan fingerprint density at radius 2 is 2.17 bits per heavy atom. The number of rotatable bonds is 7. The molecule has 0 atom stereocenters. The van der Waals surface area contributed by atoms with Crippen molar-refractivity contribution in [1.82, 2.24) is 15.0 Å². The Morgan fingerprint density at radius 1 is 1.44 bits per heavy atom. The van der Waals surface area contributed by atoms with Gasteiger partial charge in [-0.1, -0.05) is 25.9 Å². The molecule has 1 heterocycles. The van der Waals surface area contributed by atoms with Gasteiger partial charge in [-0.15, -0.1) is 0 Å². The molecule has 0 fully saturated rings. The fourth-order valence-corrected chi connectivity index (χ4v) is 1.43. The molecule has 0 N–H and O–H groups in total. The molecule has 0 aliphatic heterocycles. The van der Waals surface area contributed by atoms with Gasteiger partial charge in [-0.25, -0.2) is 0 Å². The molecule has 1 rings (SSSR count). The van der Waals surface area contributed by atoms with Gasteiger partial charge in [-0.2, -0.15) is 4.98 Å². The van der Waals surface area contributed by atoms with Crippen LogP contribution in [0.5, 0.6) is 0 Å². The summed E-state index contributed by atoms with van der Waals surface area (Å²) in [6.07, 6.45) is 0. The quantitative estimate of drug-likeness (QED) is 0.689. The molecular weight excluding hydrogens is 234 g/mol. The third-order valence-corrected chi connectivity index (χ3v) is 2.45. The van der Waals surface area contributed by atoms with Crippen molar-refractivity contribution in [2.24, 2.45) is 0 Å². The number of carbonyl (C=O) groups is 1. The summed E-state index contributed by atoms with van der Waals surface area (Å²) >= 11 is 0. The molecule has 0 spiro atoms. The molecule has 1 aromatic heterocycles. The monoisotopic (exact) mass is 255 g/mol. The lowest BCUT2D eigenvalue weighted by Crippen LogP contribution is -2.30. The summed E-state index contributed by atoms with van der Waals surface area (Å²) in [7, 11) is 0. The summed E-state index contributed by atoms with van der Waals surface area (Å²) in [6, 6.07) is 0. The van der Waals surface area contributed by atoms with Crippen LogP contribution in [0.1, 0.15) is 45.3 Å². The SMILES string of the molecule is CCOC(=O)CN(CC)Cc1noc(C(C)C)n1. The minimum Gasteiger partial charge on any atom is -0.465 e. The van der Waals surface area contributed by atoms with Crippen LogP contribution in [0, 0.1) is 0 Å². The summed E-state index contributed by atoms with van der Waals surface area (Å²) in [5.41, 5.74) is 0. The van der Waals surface area contributed by atoms with Gasteiger partial charge in [0.15, 0.2) is 5.82 Å². The van der Waals surface area contributed by atoms with Gasteiger partial charge in [-0.3, -0.25) is 9.69 Å². The van der Waals surface area contributed by atoms with Crippen molar-refractivity contribution in [1.29, 1.82) is 0 Å². The molecule has 0 aliphatic rings. The molecule has 0 saturated heterocycles. The second kappa shape index (κ2) is 7.10. The molecule has 102 valence electrons. The van der Waals surface area contributed by atoms with E-state index in [1.54, 1.807) is 6.92 Å². The first kappa shape index (κ1) is 14.6. The Bertz CT molecular complexity index is 376. The van der Waals surface area contributed by atoms with Crippen LogP contribution in [-0.4, -0.2) is 40.7 Å². The van der Waals surface area contributed by atoms with Gasteiger partial charge >= 0.3 is 5.97 Å². The average molecular weight is 255 g/mol. The van der Waals surface area contributed by atoms with E-state index >= 15 is 0 Å². The highest BCUT2D eigenvalue weighted by Gasteiger charge is 2.15. The predicted octanol–water partition coefficient (Wildman–Crippen LogP) is 1.58. The Balaban J connectivity index is 2.53. The van der Waals surface area contributed by atoms with E-state index in [2.05, 4.69) is 10.1 Å². The molecule has 1 aromatic rings. The van der Waals surface area contributed by atoms with Crippen LogP contribution >= 0.6 is 0 Å². The van der Waals surface area contributed by atoms with Gasteiger partial charge in [-0.05, 0) is 13.5 Å². The highest BCUT2D eigenvalue weighted by molar-refractivity contribution is 5.71. The zero-order chi connectivity index (χ0) is 13.5. The summed E-state index contributed by atoms with van der Waals surface area (Å²) in [5, 5.41) is 3.90.